The number of aliphatic imine (C=N–C) groups is 1. The van der Waals surface area contributed by atoms with Gasteiger partial charge >= 0.3 is 0 Å². The molecule has 0 saturated heterocycles. The van der Waals surface area contributed by atoms with Crippen molar-refractivity contribution in [1.82, 2.24) is 0 Å². The Balaban J connectivity index is 2.55. The molecule has 5 heteroatoms. The van der Waals surface area contributed by atoms with E-state index in [2.05, 4.69) is 20.9 Å². The molecule has 1 aromatic rings. The second-order valence-corrected chi connectivity index (χ2v) is 3.61. The minimum Gasteiger partial charge on any atom is -0.475 e. The van der Waals surface area contributed by atoms with Crippen molar-refractivity contribution in [3.05, 3.63) is 33.8 Å². The first kappa shape index (κ1) is 9.58. The molecule has 0 amide bonds. The Labute approximate surface area is 87.7 Å². The van der Waals surface area contributed by atoms with Crippen LogP contribution in [-0.2, 0) is 4.74 Å². The summed E-state index contributed by atoms with van der Waals surface area (Å²) in [6.45, 7) is 0.821. The molecule has 2 rings (SSSR count). The van der Waals surface area contributed by atoms with Crippen LogP contribution in [0, 0.1) is 11.6 Å². The van der Waals surface area contributed by atoms with Crippen molar-refractivity contribution in [2.45, 2.75) is 0 Å². The maximum atomic E-state index is 13.5. The highest BCUT2D eigenvalue weighted by Crippen LogP contribution is 2.23. The van der Waals surface area contributed by atoms with Gasteiger partial charge in [-0.1, -0.05) is 0 Å². The Morgan fingerprint density at radius 2 is 2.14 bits per heavy atom. The second-order valence-electron chi connectivity index (χ2n) is 2.75. The first-order valence-electron chi connectivity index (χ1n) is 4.01. The average Bonchev–Trinajstić information content (AvgIpc) is 2.65. The lowest BCUT2D eigenvalue weighted by atomic mass is 10.2. The van der Waals surface area contributed by atoms with Crippen molar-refractivity contribution < 1.29 is 13.5 Å². The summed E-state index contributed by atoms with van der Waals surface area (Å²) in [6, 6.07) is 2.48. The first-order valence-corrected chi connectivity index (χ1v) is 4.80. The van der Waals surface area contributed by atoms with Gasteiger partial charge in [-0.05, 0) is 28.1 Å². The Kier molecular flexibility index (Phi) is 2.50. The van der Waals surface area contributed by atoms with Crippen LogP contribution in [0.25, 0.3) is 0 Å². The first-order chi connectivity index (χ1) is 6.70. The molecule has 0 spiro atoms. The zero-order chi connectivity index (χ0) is 10.1. The SMILES string of the molecule is Fc1ccc(Br)c(F)c1C1=NCCO1. The van der Waals surface area contributed by atoms with Gasteiger partial charge in [0.2, 0.25) is 5.90 Å². The van der Waals surface area contributed by atoms with E-state index in [1.54, 1.807) is 0 Å². The van der Waals surface area contributed by atoms with Crippen molar-refractivity contribution in [3.63, 3.8) is 0 Å². The van der Waals surface area contributed by atoms with Crippen molar-refractivity contribution in [2.24, 2.45) is 4.99 Å². The molecule has 1 aliphatic heterocycles. The van der Waals surface area contributed by atoms with E-state index in [4.69, 9.17) is 4.74 Å². The van der Waals surface area contributed by atoms with Gasteiger partial charge in [-0.15, -0.1) is 0 Å². The molecule has 14 heavy (non-hydrogen) atoms. The van der Waals surface area contributed by atoms with E-state index in [9.17, 15) is 8.78 Å². The van der Waals surface area contributed by atoms with Crippen LogP contribution < -0.4 is 0 Å². The lowest BCUT2D eigenvalue weighted by molar-refractivity contribution is 0.345. The smallest absolute Gasteiger partial charge is 0.222 e. The Morgan fingerprint density at radius 3 is 2.79 bits per heavy atom. The summed E-state index contributed by atoms with van der Waals surface area (Å²) >= 11 is 2.98. The van der Waals surface area contributed by atoms with Gasteiger partial charge in [0, 0.05) is 0 Å². The summed E-state index contributed by atoms with van der Waals surface area (Å²) in [5.74, 6) is -1.29. The molecule has 1 aliphatic rings. The van der Waals surface area contributed by atoms with Crippen molar-refractivity contribution in [3.8, 4) is 0 Å². The predicted octanol–water partition coefficient (Wildman–Crippen LogP) is 2.50. The summed E-state index contributed by atoms with van der Waals surface area (Å²) in [6.07, 6.45) is 0. The summed E-state index contributed by atoms with van der Waals surface area (Å²) in [7, 11) is 0. The number of nitrogens with zero attached hydrogens (tertiary/aromatic N) is 1. The molecule has 1 heterocycles. The van der Waals surface area contributed by atoms with Crippen LogP contribution in [-0.4, -0.2) is 19.0 Å². The van der Waals surface area contributed by atoms with E-state index in [-0.39, 0.29) is 15.9 Å². The maximum absolute atomic E-state index is 13.5. The van der Waals surface area contributed by atoms with Crippen LogP contribution in [0.15, 0.2) is 21.6 Å². The zero-order valence-electron chi connectivity index (χ0n) is 7.06. The van der Waals surface area contributed by atoms with Gasteiger partial charge in [0.1, 0.15) is 18.0 Å². The molecule has 0 atom stereocenters. The fourth-order valence-electron chi connectivity index (χ4n) is 1.21. The molecular weight excluding hydrogens is 256 g/mol. The summed E-state index contributed by atoms with van der Waals surface area (Å²) in [4.78, 5) is 3.86. The largest absolute Gasteiger partial charge is 0.475 e. The molecule has 1 aromatic carbocycles. The molecule has 2 nitrogen and oxygen atoms in total. The van der Waals surface area contributed by atoms with E-state index in [0.29, 0.717) is 13.2 Å². The zero-order valence-corrected chi connectivity index (χ0v) is 8.64. The Hall–Kier alpha value is -0.970. The van der Waals surface area contributed by atoms with Crippen molar-refractivity contribution in [1.29, 1.82) is 0 Å². The molecular formula is C9H6BrF2NO. The lowest BCUT2D eigenvalue weighted by Gasteiger charge is -2.05. The van der Waals surface area contributed by atoms with Crippen molar-refractivity contribution in [2.75, 3.05) is 13.2 Å². The maximum Gasteiger partial charge on any atom is 0.222 e. The summed E-state index contributed by atoms with van der Waals surface area (Å²) in [5, 5.41) is 0. The molecule has 0 saturated carbocycles. The normalized spacial score (nSPS) is 15.2. The van der Waals surface area contributed by atoms with Crippen LogP contribution in [0.3, 0.4) is 0 Å². The summed E-state index contributed by atoms with van der Waals surface area (Å²) < 4.78 is 31.9. The monoisotopic (exact) mass is 261 g/mol. The number of benzene rings is 1. The van der Waals surface area contributed by atoms with Crippen molar-refractivity contribution >= 4 is 21.8 Å². The highest BCUT2D eigenvalue weighted by molar-refractivity contribution is 9.10. The van der Waals surface area contributed by atoms with E-state index in [1.807, 2.05) is 0 Å². The van der Waals surface area contributed by atoms with Gasteiger partial charge in [0.15, 0.2) is 5.82 Å². The number of ether oxygens (including phenoxy) is 1. The van der Waals surface area contributed by atoms with E-state index in [0.717, 1.165) is 0 Å². The highest BCUT2D eigenvalue weighted by Gasteiger charge is 2.21. The number of hydrogen-bond acceptors (Lipinski definition) is 2. The molecule has 0 bridgehead atoms. The molecule has 0 aromatic heterocycles. The number of halogens is 3. The number of hydrogen-bond donors (Lipinski definition) is 0. The second kappa shape index (κ2) is 3.65. The van der Waals surface area contributed by atoms with Crippen LogP contribution in [0.1, 0.15) is 5.56 Å². The molecule has 0 aliphatic carbocycles. The van der Waals surface area contributed by atoms with Crippen LogP contribution >= 0.6 is 15.9 Å². The van der Waals surface area contributed by atoms with Gasteiger partial charge in [-0.3, -0.25) is 0 Å². The van der Waals surface area contributed by atoms with E-state index < -0.39 is 11.6 Å². The van der Waals surface area contributed by atoms with Gasteiger partial charge in [0.25, 0.3) is 0 Å². The average molecular weight is 262 g/mol. The van der Waals surface area contributed by atoms with Crippen LogP contribution in [0.4, 0.5) is 8.78 Å². The standard InChI is InChI=1S/C9H6BrF2NO/c10-5-1-2-6(11)7(8(5)12)9-13-3-4-14-9/h1-2H,3-4H2. The van der Waals surface area contributed by atoms with Gasteiger partial charge < -0.3 is 4.74 Å². The third-order valence-electron chi connectivity index (χ3n) is 1.84. The third kappa shape index (κ3) is 1.52. The third-order valence-corrected chi connectivity index (χ3v) is 2.46. The predicted molar refractivity (Wildman–Crippen MR) is 51.4 cm³/mol. The van der Waals surface area contributed by atoms with E-state index in [1.165, 1.54) is 12.1 Å². The Bertz CT molecular complexity index is 406. The molecule has 74 valence electrons. The molecule has 0 fully saturated rings. The van der Waals surface area contributed by atoms with E-state index >= 15 is 0 Å². The fraction of sp³-hybridized carbons (Fsp3) is 0.222. The van der Waals surface area contributed by atoms with Crippen LogP contribution in [0.5, 0.6) is 0 Å². The minimum absolute atomic E-state index is 0.0429. The quantitative estimate of drug-likeness (QED) is 0.712. The highest BCUT2D eigenvalue weighted by atomic mass is 79.9. The number of rotatable bonds is 1. The van der Waals surface area contributed by atoms with Gasteiger partial charge in [-0.25, -0.2) is 13.8 Å². The molecule has 0 N–H and O–H groups in total. The topological polar surface area (TPSA) is 21.6 Å². The van der Waals surface area contributed by atoms with Gasteiger partial charge in [-0.2, -0.15) is 0 Å². The molecule has 0 unspecified atom stereocenters. The lowest BCUT2D eigenvalue weighted by Crippen LogP contribution is -2.07. The van der Waals surface area contributed by atoms with Gasteiger partial charge in [0.05, 0.1) is 11.0 Å². The molecule has 0 radical (unpaired) electrons. The summed E-state index contributed by atoms with van der Waals surface area (Å²) in [5.41, 5.74) is -0.197. The van der Waals surface area contributed by atoms with Crippen LogP contribution in [0.2, 0.25) is 0 Å². The Morgan fingerprint density at radius 1 is 1.36 bits per heavy atom. The minimum atomic E-state index is -0.675. The fourth-order valence-corrected chi connectivity index (χ4v) is 1.54.